The molecule has 1 aliphatic carbocycles. The average molecular weight is 623 g/mol. The van der Waals surface area contributed by atoms with E-state index in [4.69, 9.17) is 4.74 Å². The highest BCUT2D eigenvalue weighted by Crippen LogP contribution is 2.52. The fraction of sp³-hybridized carbons (Fsp3) is 0.400. The lowest BCUT2D eigenvalue weighted by Crippen LogP contribution is -2.29. The van der Waals surface area contributed by atoms with Crippen LogP contribution in [0.15, 0.2) is 66.7 Å². The van der Waals surface area contributed by atoms with Crippen LogP contribution < -0.4 is 14.8 Å². The highest BCUT2D eigenvalue weighted by molar-refractivity contribution is 6.03. The molecule has 238 valence electrons. The van der Waals surface area contributed by atoms with E-state index in [1.54, 1.807) is 12.1 Å². The van der Waals surface area contributed by atoms with Gasteiger partial charge in [-0.05, 0) is 54.7 Å². The van der Waals surface area contributed by atoms with Crippen molar-refractivity contribution in [1.82, 2.24) is 4.57 Å². The lowest BCUT2D eigenvalue weighted by molar-refractivity contribution is -0.286. The van der Waals surface area contributed by atoms with Gasteiger partial charge in [0, 0.05) is 29.1 Å². The molecule has 45 heavy (non-hydrogen) atoms. The summed E-state index contributed by atoms with van der Waals surface area (Å²) in [4.78, 5) is 13.5. The van der Waals surface area contributed by atoms with E-state index >= 15 is 4.39 Å². The summed E-state index contributed by atoms with van der Waals surface area (Å²) < 4.78 is 59.9. The van der Waals surface area contributed by atoms with E-state index in [2.05, 4.69) is 14.8 Å². The number of carbonyl (C=O) groups is 1. The first-order valence-corrected chi connectivity index (χ1v) is 15.3. The third-order valence-corrected chi connectivity index (χ3v) is 8.66. The van der Waals surface area contributed by atoms with Gasteiger partial charge in [-0.25, -0.2) is 4.39 Å². The molecule has 1 atom stereocenters. The number of hydrogen-bond donors (Lipinski definition) is 2. The maximum Gasteiger partial charge on any atom is 0.586 e. The second kappa shape index (κ2) is 11.7. The Kier molecular flexibility index (Phi) is 8.07. The number of halogens is 3. The zero-order chi connectivity index (χ0) is 32.0. The molecule has 7 nitrogen and oxygen atoms in total. The second-order valence-corrected chi connectivity index (χ2v) is 12.7. The van der Waals surface area contributed by atoms with E-state index < -0.39 is 35.0 Å². The van der Waals surface area contributed by atoms with Crippen LogP contribution >= 0.6 is 0 Å². The van der Waals surface area contributed by atoms with Gasteiger partial charge in [0.25, 0.3) is 0 Å². The molecule has 1 fully saturated rings. The Balaban J connectivity index is 1.27. The number of alkyl halides is 2. The van der Waals surface area contributed by atoms with Crippen molar-refractivity contribution in [2.45, 2.75) is 82.8 Å². The molecule has 0 bridgehead atoms. The summed E-state index contributed by atoms with van der Waals surface area (Å²) >= 11 is 0. The van der Waals surface area contributed by atoms with Gasteiger partial charge in [0.05, 0.1) is 35.9 Å². The van der Waals surface area contributed by atoms with E-state index in [9.17, 15) is 18.7 Å². The van der Waals surface area contributed by atoms with Crippen LogP contribution in [0.25, 0.3) is 10.9 Å². The number of nitrogens with zero attached hydrogens (tertiary/aromatic N) is 1. The molecular formula is C35H37F3N2O5. The quantitative estimate of drug-likeness (QED) is 0.172. The number of nitrogens with one attached hydrogen (secondary N) is 1. The average Bonchev–Trinajstić information content (AvgIpc) is 3.64. The molecule has 1 saturated carbocycles. The third-order valence-electron chi connectivity index (χ3n) is 8.66. The van der Waals surface area contributed by atoms with E-state index in [0.717, 1.165) is 17.7 Å². The number of aliphatic hydroxyl groups is 1. The number of carbonyl (C=O) groups excluding carboxylic acids is 1. The summed E-state index contributed by atoms with van der Waals surface area (Å²) in [5, 5.41) is 14.2. The molecule has 2 N–H and O–H groups in total. The fourth-order valence-electron chi connectivity index (χ4n) is 6.10. The second-order valence-electron chi connectivity index (χ2n) is 12.7. The first-order valence-electron chi connectivity index (χ1n) is 15.3. The number of aromatic nitrogens is 1. The number of benzene rings is 3. The highest BCUT2D eigenvalue weighted by Gasteiger charge is 2.53. The lowest BCUT2D eigenvalue weighted by Gasteiger charge is -2.28. The molecule has 1 aliphatic heterocycles. The maximum absolute atomic E-state index is 15.7. The zero-order valence-electron chi connectivity index (χ0n) is 25.5. The smallest absolute Gasteiger partial charge is 0.395 e. The highest BCUT2D eigenvalue weighted by atomic mass is 19.3. The van der Waals surface area contributed by atoms with Crippen molar-refractivity contribution in [2.24, 2.45) is 0 Å². The van der Waals surface area contributed by atoms with Crippen LogP contribution in [-0.2, 0) is 33.5 Å². The van der Waals surface area contributed by atoms with Crippen molar-refractivity contribution in [2.75, 3.05) is 11.9 Å². The van der Waals surface area contributed by atoms with Crippen molar-refractivity contribution < 1.29 is 37.3 Å². The summed E-state index contributed by atoms with van der Waals surface area (Å²) in [5.74, 6) is -1.29. The molecule has 10 heteroatoms. The van der Waals surface area contributed by atoms with E-state index in [1.807, 2.05) is 61.7 Å². The van der Waals surface area contributed by atoms with Gasteiger partial charge < -0.3 is 29.2 Å². The monoisotopic (exact) mass is 622 g/mol. The number of aliphatic hydroxyl groups excluding tert-OH is 1. The van der Waals surface area contributed by atoms with Gasteiger partial charge in [0.15, 0.2) is 11.5 Å². The molecule has 3 aromatic carbocycles. The van der Waals surface area contributed by atoms with Crippen LogP contribution in [0.1, 0.15) is 63.3 Å². The van der Waals surface area contributed by atoms with Gasteiger partial charge in [-0.2, -0.15) is 0 Å². The van der Waals surface area contributed by atoms with Gasteiger partial charge in [-0.3, -0.25) is 4.79 Å². The van der Waals surface area contributed by atoms with Gasteiger partial charge in [-0.15, -0.1) is 8.78 Å². The fourth-order valence-corrected chi connectivity index (χ4v) is 6.10. The minimum absolute atomic E-state index is 0.0157. The van der Waals surface area contributed by atoms with E-state index in [-0.39, 0.29) is 23.7 Å². The molecule has 6 rings (SSSR count). The van der Waals surface area contributed by atoms with Crippen LogP contribution in [-0.4, -0.2) is 34.6 Å². The molecule has 0 saturated heterocycles. The van der Waals surface area contributed by atoms with Gasteiger partial charge in [-0.1, -0.05) is 63.6 Å². The molecule has 1 aromatic heterocycles. The molecular weight excluding hydrogens is 585 g/mol. The van der Waals surface area contributed by atoms with Crippen molar-refractivity contribution in [3.63, 3.8) is 0 Å². The molecule has 0 radical (unpaired) electrons. The first-order chi connectivity index (χ1) is 21.4. The summed E-state index contributed by atoms with van der Waals surface area (Å²) in [5.41, 5.74) is 1.57. The largest absolute Gasteiger partial charge is 0.586 e. The lowest BCUT2D eigenvalue weighted by atomic mass is 9.90. The number of anilines is 1. The topological polar surface area (TPSA) is 82.0 Å². The number of rotatable bonds is 12. The molecule has 2 aliphatic rings. The zero-order valence-corrected chi connectivity index (χ0v) is 25.5. The summed E-state index contributed by atoms with van der Waals surface area (Å²) in [7, 11) is 0. The molecule has 2 heterocycles. The minimum atomic E-state index is -3.76. The maximum atomic E-state index is 15.7. The van der Waals surface area contributed by atoms with Crippen LogP contribution in [0.5, 0.6) is 11.5 Å². The Morgan fingerprint density at radius 1 is 1.07 bits per heavy atom. The third kappa shape index (κ3) is 6.26. The summed E-state index contributed by atoms with van der Waals surface area (Å²) in [6.45, 7) is 7.21. The molecule has 1 unspecified atom stereocenters. The van der Waals surface area contributed by atoms with Gasteiger partial charge >= 0.3 is 6.29 Å². The molecule has 4 aromatic rings. The number of amides is 1. The molecule has 1 amide bonds. The van der Waals surface area contributed by atoms with Crippen molar-refractivity contribution in [1.29, 1.82) is 0 Å². The predicted molar refractivity (Wildman–Crippen MR) is 164 cm³/mol. The number of hydrogen-bond acceptors (Lipinski definition) is 5. The van der Waals surface area contributed by atoms with Crippen LogP contribution in [0, 0.1) is 5.82 Å². The van der Waals surface area contributed by atoms with Crippen LogP contribution in [0.4, 0.5) is 18.9 Å². The van der Waals surface area contributed by atoms with Crippen molar-refractivity contribution in [3.8, 4) is 11.5 Å². The Morgan fingerprint density at radius 3 is 2.51 bits per heavy atom. The van der Waals surface area contributed by atoms with Crippen LogP contribution in [0.2, 0.25) is 0 Å². The van der Waals surface area contributed by atoms with Crippen LogP contribution in [0.3, 0.4) is 0 Å². The summed E-state index contributed by atoms with van der Waals surface area (Å²) in [6.07, 6.45) is -2.03. The van der Waals surface area contributed by atoms with E-state index in [0.29, 0.717) is 48.9 Å². The Hall–Kier alpha value is -4.02. The Morgan fingerprint density at radius 2 is 1.80 bits per heavy atom. The van der Waals surface area contributed by atoms with Gasteiger partial charge in [0.2, 0.25) is 5.91 Å². The van der Waals surface area contributed by atoms with E-state index in [1.165, 1.54) is 18.2 Å². The first kappa shape index (κ1) is 31.0. The predicted octanol–water partition coefficient (Wildman–Crippen LogP) is 7.43. The summed E-state index contributed by atoms with van der Waals surface area (Å²) in [6, 6.07) is 19.1. The van der Waals surface area contributed by atoms with Gasteiger partial charge in [0.1, 0.15) is 5.82 Å². The minimum Gasteiger partial charge on any atom is -0.395 e. The number of ether oxygens (including phenoxy) is 3. The van der Waals surface area contributed by atoms with Crippen molar-refractivity contribution in [3.05, 3.63) is 89.4 Å². The Labute approximate surface area is 259 Å². The SMILES string of the molecule is CCCC(O)Cn1c(C(C)(C)COCc2ccccc2)cc2cc(NC(=O)C3(c4ccc5c(c4)OC(F)(F)O5)CC3)c(F)cc21. The molecule has 0 spiro atoms. The normalized spacial score (nSPS) is 17.0. The number of fused-ring (bicyclic) bond motifs is 2. The standard InChI is InChI=1S/C35H37F3N2O5/c1-4-8-25(41)19-40-28-18-26(36)27(15-23(28)16-31(40)33(2,3)21-43-20-22-9-6-5-7-10-22)39-32(42)34(13-14-34)24-11-12-29-30(17-24)45-35(37,38)44-29/h5-7,9-12,15-18,25,41H,4,8,13-14,19-21H2,1-3H3,(H,39,42). The Bertz CT molecular complexity index is 1720. The van der Waals surface area contributed by atoms with Crippen molar-refractivity contribution >= 4 is 22.5 Å².